The average Bonchev–Trinajstić information content (AvgIpc) is 3.09. The summed E-state index contributed by atoms with van der Waals surface area (Å²) >= 11 is 1.65. The number of thiazole rings is 1. The van der Waals surface area contributed by atoms with E-state index >= 15 is 0 Å². The Morgan fingerprint density at radius 1 is 0.913 bits per heavy atom. The highest BCUT2D eigenvalue weighted by molar-refractivity contribution is 7.16. The maximum absolute atomic E-state index is 5.52. The third kappa shape index (κ3) is 2.50. The molecule has 0 atom stereocenters. The van der Waals surface area contributed by atoms with Crippen molar-refractivity contribution < 1.29 is 0 Å². The summed E-state index contributed by atoms with van der Waals surface area (Å²) < 4.78 is 1.18. The summed E-state index contributed by atoms with van der Waals surface area (Å²) in [5, 5.41) is 0. The van der Waals surface area contributed by atoms with Crippen molar-refractivity contribution in [1.29, 1.82) is 0 Å². The zero-order valence-corrected chi connectivity index (χ0v) is 13.0. The first kappa shape index (κ1) is 13.7. The smallest absolute Gasteiger partial charge is 0.0812 e. The SMILES string of the molecule is C#Cc1cccc(-c2ncccc2-c2ccc3ncsc3c2)c1. The molecule has 2 aromatic heterocycles. The van der Waals surface area contributed by atoms with Gasteiger partial charge in [-0.25, -0.2) is 4.98 Å². The lowest BCUT2D eigenvalue weighted by atomic mass is 9.98. The van der Waals surface area contributed by atoms with Gasteiger partial charge in [0, 0.05) is 22.9 Å². The predicted octanol–water partition coefficient (Wildman–Crippen LogP) is 5.01. The largest absolute Gasteiger partial charge is 0.256 e. The Balaban J connectivity index is 1.91. The molecule has 3 heteroatoms. The Hall–Kier alpha value is -2.96. The van der Waals surface area contributed by atoms with Crippen LogP contribution in [0.15, 0.2) is 66.3 Å². The molecule has 0 aliphatic rings. The Kier molecular flexibility index (Phi) is 3.38. The number of rotatable bonds is 2. The van der Waals surface area contributed by atoms with Crippen molar-refractivity contribution in [3.8, 4) is 34.7 Å². The molecular weight excluding hydrogens is 300 g/mol. The highest BCUT2D eigenvalue weighted by atomic mass is 32.1. The highest BCUT2D eigenvalue weighted by Gasteiger charge is 2.10. The van der Waals surface area contributed by atoms with Crippen LogP contribution in [0.3, 0.4) is 0 Å². The van der Waals surface area contributed by atoms with Gasteiger partial charge in [-0.3, -0.25) is 4.98 Å². The molecule has 2 aromatic carbocycles. The molecule has 0 bridgehead atoms. The van der Waals surface area contributed by atoms with Gasteiger partial charge >= 0.3 is 0 Å². The van der Waals surface area contributed by atoms with E-state index in [9.17, 15) is 0 Å². The van der Waals surface area contributed by atoms with Crippen molar-refractivity contribution in [3.63, 3.8) is 0 Å². The van der Waals surface area contributed by atoms with Crippen molar-refractivity contribution in [2.45, 2.75) is 0 Å². The van der Waals surface area contributed by atoms with Gasteiger partial charge in [0.1, 0.15) is 0 Å². The molecule has 108 valence electrons. The first-order chi connectivity index (χ1) is 11.3. The lowest BCUT2D eigenvalue weighted by Crippen LogP contribution is -1.89. The van der Waals surface area contributed by atoms with Gasteiger partial charge in [-0.2, -0.15) is 0 Å². The summed E-state index contributed by atoms with van der Waals surface area (Å²) in [6.45, 7) is 0. The van der Waals surface area contributed by atoms with Crippen LogP contribution in [-0.4, -0.2) is 9.97 Å². The van der Waals surface area contributed by atoms with Crippen LogP contribution in [0.2, 0.25) is 0 Å². The van der Waals surface area contributed by atoms with E-state index in [2.05, 4.69) is 40.2 Å². The molecule has 0 aliphatic heterocycles. The Labute approximate surface area is 138 Å². The molecule has 0 saturated heterocycles. The Morgan fingerprint density at radius 3 is 2.78 bits per heavy atom. The predicted molar refractivity (Wildman–Crippen MR) is 96.2 cm³/mol. The molecule has 23 heavy (non-hydrogen) atoms. The summed E-state index contributed by atoms with van der Waals surface area (Å²) in [6.07, 6.45) is 7.33. The standard InChI is InChI=1S/C20H12N2S/c1-2-14-5-3-6-16(11-14)20-17(7-4-10-21-20)15-8-9-18-19(12-15)23-13-22-18/h1,3-13H. The van der Waals surface area contributed by atoms with E-state index in [0.717, 1.165) is 33.5 Å². The van der Waals surface area contributed by atoms with Gasteiger partial charge in [0.05, 0.1) is 21.4 Å². The third-order valence-electron chi connectivity index (χ3n) is 3.75. The van der Waals surface area contributed by atoms with E-state index in [1.165, 1.54) is 4.70 Å². The van der Waals surface area contributed by atoms with Gasteiger partial charge < -0.3 is 0 Å². The molecule has 0 aliphatic carbocycles. The number of nitrogens with zero attached hydrogens (tertiary/aromatic N) is 2. The zero-order chi connectivity index (χ0) is 15.6. The lowest BCUT2D eigenvalue weighted by Gasteiger charge is -2.09. The van der Waals surface area contributed by atoms with Gasteiger partial charge in [0.2, 0.25) is 0 Å². The minimum atomic E-state index is 0.858. The second-order valence-electron chi connectivity index (χ2n) is 5.16. The number of pyridine rings is 1. The molecule has 4 rings (SSSR count). The van der Waals surface area contributed by atoms with Crippen LogP contribution in [0.5, 0.6) is 0 Å². The van der Waals surface area contributed by atoms with Gasteiger partial charge in [-0.15, -0.1) is 17.8 Å². The maximum atomic E-state index is 5.52. The molecular formula is C20H12N2S. The average molecular weight is 312 g/mol. The first-order valence-electron chi connectivity index (χ1n) is 7.21. The lowest BCUT2D eigenvalue weighted by molar-refractivity contribution is 1.32. The van der Waals surface area contributed by atoms with Crippen molar-refractivity contribution in [2.75, 3.05) is 0 Å². The molecule has 0 unspecified atom stereocenters. The van der Waals surface area contributed by atoms with E-state index in [-0.39, 0.29) is 0 Å². The molecule has 0 radical (unpaired) electrons. The third-order valence-corrected chi connectivity index (χ3v) is 4.54. The highest BCUT2D eigenvalue weighted by Crippen LogP contribution is 2.32. The molecule has 2 heterocycles. The van der Waals surface area contributed by atoms with Gasteiger partial charge in [-0.05, 0) is 35.9 Å². The minimum absolute atomic E-state index is 0.858. The van der Waals surface area contributed by atoms with E-state index in [0.29, 0.717) is 0 Å². The second kappa shape index (κ2) is 5.68. The van der Waals surface area contributed by atoms with Crippen LogP contribution in [0, 0.1) is 12.3 Å². The molecule has 2 nitrogen and oxygen atoms in total. The zero-order valence-electron chi connectivity index (χ0n) is 12.2. The van der Waals surface area contributed by atoms with Crippen molar-refractivity contribution in [3.05, 3.63) is 71.9 Å². The van der Waals surface area contributed by atoms with Crippen LogP contribution < -0.4 is 0 Å². The van der Waals surface area contributed by atoms with E-state index in [4.69, 9.17) is 6.42 Å². The van der Waals surface area contributed by atoms with E-state index < -0.39 is 0 Å². The Bertz CT molecular complexity index is 1040. The minimum Gasteiger partial charge on any atom is -0.256 e. The van der Waals surface area contributed by atoms with Crippen molar-refractivity contribution >= 4 is 21.6 Å². The number of benzene rings is 2. The summed E-state index contributed by atoms with van der Waals surface area (Å²) in [4.78, 5) is 8.93. The quantitative estimate of drug-likeness (QED) is 0.486. The Morgan fingerprint density at radius 2 is 1.87 bits per heavy atom. The summed E-state index contributed by atoms with van der Waals surface area (Å²) in [5.74, 6) is 2.68. The number of aromatic nitrogens is 2. The maximum Gasteiger partial charge on any atom is 0.0812 e. The summed E-state index contributed by atoms with van der Waals surface area (Å²) in [5.41, 5.74) is 7.95. The molecule has 4 aromatic rings. The normalized spacial score (nSPS) is 10.6. The van der Waals surface area contributed by atoms with Crippen LogP contribution in [0.25, 0.3) is 32.6 Å². The van der Waals surface area contributed by atoms with Crippen molar-refractivity contribution in [2.24, 2.45) is 0 Å². The molecule has 0 fully saturated rings. The fourth-order valence-corrected chi connectivity index (χ4v) is 3.36. The number of hydrogen-bond donors (Lipinski definition) is 0. The van der Waals surface area contributed by atoms with Gasteiger partial charge in [0.25, 0.3) is 0 Å². The summed E-state index contributed by atoms with van der Waals surface area (Å²) in [7, 11) is 0. The second-order valence-corrected chi connectivity index (χ2v) is 6.05. The van der Waals surface area contributed by atoms with Crippen LogP contribution in [-0.2, 0) is 0 Å². The van der Waals surface area contributed by atoms with E-state index in [1.54, 1.807) is 11.3 Å². The fraction of sp³-hybridized carbons (Fsp3) is 0. The van der Waals surface area contributed by atoms with Crippen LogP contribution >= 0.6 is 11.3 Å². The molecule has 0 saturated carbocycles. The topological polar surface area (TPSA) is 25.8 Å². The molecule has 0 amide bonds. The summed E-state index contributed by atoms with van der Waals surface area (Å²) in [6, 6.07) is 18.3. The van der Waals surface area contributed by atoms with Crippen LogP contribution in [0.1, 0.15) is 5.56 Å². The molecule has 0 N–H and O–H groups in total. The molecule has 0 spiro atoms. The van der Waals surface area contributed by atoms with E-state index in [1.807, 2.05) is 42.0 Å². The van der Waals surface area contributed by atoms with Gasteiger partial charge in [0.15, 0.2) is 0 Å². The first-order valence-corrected chi connectivity index (χ1v) is 8.09. The van der Waals surface area contributed by atoms with Crippen LogP contribution in [0.4, 0.5) is 0 Å². The number of fused-ring (bicyclic) bond motifs is 1. The van der Waals surface area contributed by atoms with Crippen molar-refractivity contribution in [1.82, 2.24) is 9.97 Å². The number of hydrogen-bond acceptors (Lipinski definition) is 3. The van der Waals surface area contributed by atoms with Gasteiger partial charge in [-0.1, -0.05) is 30.2 Å². The number of terminal acetylenes is 1. The monoisotopic (exact) mass is 312 g/mol. The fourth-order valence-electron chi connectivity index (χ4n) is 2.65.